The minimum absolute atomic E-state index is 0.0313. The van der Waals surface area contributed by atoms with Gasteiger partial charge in [-0.1, -0.05) is 0 Å². The second kappa shape index (κ2) is 6.22. The van der Waals surface area contributed by atoms with E-state index in [0.29, 0.717) is 12.1 Å². The molecule has 110 valence electrons. The summed E-state index contributed by atoms with van der Waals surface area (Å²) >= 11 is 0. The van der Waals surface area contributed by atoms with Crippen LogP contribution in [0.1, 0.15) is 30.6 Å². The first kappa shape index (κ1) is 14.8. The maximum absolute atomic E-state index is 13.6. The van der Waals surface area contributed by atoms with Gasteiger partial charge in [-0.15, -0.1) is 0 Å². The molecule has 1 saturated heterocycles. The third kappa shape index (κ3) is 3.28. The van der Waals surface area contributed by atoms with Crippen LogP contribution in [0.3, 0.4) is 0 Å². The summed E-state index contributed by atoms with van der Waals surface area (Å²) in [6.45, 7) is 6.37. The zero-order chi connectivity index (χ0) is 14.7. The maximum atomic E-state index is 13.6. The summed E-state index contributed by atoms with van der Waals surface area (Å²) in [4.78, 5) is 13.9. The Kier molecular flexibility index (Phi) is 4.60. The molecule has 1 atom stereocenters. The zero-order valence-electron chi connectivity index (χ0n) is 12.1. The number of likely N-dealkylation sites (tertiary alicyclic amines) is 1. The van der Waals surface area contributed by atoms with Gasteiger partial charge in [0, 0.05) is 30.9 Å². The first-order valence-corrected chi connectivity index (χ1v) is 6.89. The van der Waals surface area contributed by atoms with Crippen molar-refractivity contribution in [2.45, 2.75) is 32.4 Å². The lowest BCUT2D eigenvalue weighted by Gasteiger charge is -2.21. The summed E-state index contributed by atoms with van der Waals surface area (Å²) < 4.78 is 18.1. The summed E-state index contributed by atoms with van der Waals surface area (Å²) in [5.41, 5.74) is 0.721. The molecule has 20 heavy (non-hydrogen) atoms. The highest BCUT2D eigenvalue weighted by Gasteiger charge is 2.24. The van der Waals surface area contributed by atoms with E-state index in [1.807, 2.05) is 0 Å². The number of carbonyl (C=O) groups is 1. The number of hydrogen-bond donors (Lipinski definition) is 1. The standard InChI is InChI=1S/C15H21FN2O2/c1-10(2)18-7-6-12(9-18)17-11-4-5-14(16)13(8-11)15(19)20-3/h4-5,8,10,12,17H,6-7,9H2,1-3H3. The van der Waals surface area contributed by atoms with Gasteiger partial charge in [-0.25, -0.2) is 9.18 Å². The van der Waals surface area contributed by atoms with Crippen molar-refractivity contribution in [1.82, 2.24) is 4.90 Å². The van der Waals surface area contributed by atoms with E-state index in [4.69, 9.17) is 0 Å². The van der Waals surface area contributed by atoms with Gasteiger partial charge in [0.2, 0.25) is 0 Å². The van der Waals surface area contributed by atoms with Crippen LogP contribution >= 0.6 is 0 Å². The second-order valence-corrected chi connectivity index (χ2v) is 5.40. The van der Waals surface area contributed by atoms with Gasteiger partial charge in [0.15, 0.2) is 0 Å². The molecule has 1 heterocycles. The third-order valence-corrected chi connectivity index (χ3v) is 3.69. The fourth-order valence-electron chi connectivity index (χ4n) is 2.49. The molecule has 0 aromatic heterocycles. The lowest BCUT2D eigenvalue weighted by Crippen LogP contribution is -2.31. The van der Waals surface area contributed by atoms with Gasteiger partial charge in [0.1, 0.15) is 5.82 Å². The zero-order valence-corrected chi connectivity index (χ0v) is 12.1. The Morgan fingerprint density at radius 3 is 2.85 bits per heavy atom. The summed E-state index contributed by atoms with van der Waals surface area (Å²) in [6, 6.07) is 5.32. The third-order valence-electron chi connectivity index (χ3n) is 3.69. The highest BCUT2D eigenvalue weighted by atomic mass is 19.1. The smallest absolute Gasteiger partial charge is 0.340 e. The molecule has 1 N–H and O–H groups in total. The van der Waals surface area contributed by atoms with E-state index < -0.39 is 11.8 Å². The van der Waals surface area contributed by atoms with Crippen LogP contribution in [0.5, 0.6) is 0 Å². The molecule has 1 unspecified atom stereocenters. The Bertz CT molecular complexity index is 491. The Morgan fingerprint density at radius 1 is 1.50 bits per heavy atom. The number of nitrogens with zero attached hydrogens (tertiary/aromatic N) is 1. The van der Waals surface area contributed by atoms with E-state index in [-0.39, 0.29) is 5.56 Å². The molecule has 5 heteroatoms. The molecular formula is C15H21FN2O2. The number of methoxy groups -OCH3 is 1. The monoisotopic (exact) mass is 280 g/mol. The quantitative estimate of drug-likeness (QED) is 0.860. The molecule has 1 aromatic rings. The Labute approximate surface area is 118 Å². The van der Waals surface area contributed by atoms with Crippen molar-refractivity contribution in [2.75, 3.05) is 25.5 Å². The number of hydrogen-bond acceptors (Lipinski definition) is 4. The fraction of sp³-hybridized carbons (Fsp3) is 0.533. The van der Waals surface area contributed by atoms with Crippen LogP contribution in [0.4, 0.5) is 10.1 Å². The van der Waals surface area contributed by atoms with Crippen LogP contribution in [0.2, 0.25) is 0 Å². The summed E-state index contributed by atoms with van der Waals surface area (Å²) in [5.74, 6) is -1.21. The van der Waals surface area contributed by atoms with Crippen molar-refractivity contribution in [3.63, 3.8) is 0 Å². The first-order chi connectivity index (χ1) is 9.51. The van der Waals surface area contributed by atoms with Crippen molar-refractivity contribution in [3.05, 3.63) is 29.6 Å². The van der Waals surface area contributed by atoms with Crippen molar-refractivity contribution in [1.29, 1.82) is 0 Å². The molecule has 0 aliphatic carbocycles. The number of ether oxygens (including phenoxy) is 1. The lowest BCUT2D eigenvalue weighted by molar-refractivity contribution is 0.0595. The molecule has 0 bridgehead atoms. The molecule has 1 aliphatic heterocycles. The second-order valence-electron chi connectivity index (χ2n) is 5.40. The predicted octanol–water partition coefficient (Wildman–Crippen LogP) is 2.51. The number of anilines is 1. The van der Waals surface area contributed by atoms with Crippen molar-refractivity contribution < 1.29 is 13.9 Å². The molecule has 0 spiro atoms. The van der Waals surface area contributed by atoms with Gasteiger partial charge in [-0.05, 0) is 38.5 Å². The van der Waals surface area contributed by atoms with E-state index in [1.165, 1.54) is 19.2 Å². The van der Waals surface area contributed by atoms with E-state index in [9.17, 15) is 9.18 Å². The van der Waals surface area contributed by atoms with Crippen LogP contribution in [-0.2, 0) is 4.74 Å². The lowest BCUT2D eigenvalue weighted by atomic mass is 10.1. The van der Waals surface area contributed by atoms with Crippen LogP contribution in [0.25, 0.3) is 0 Å². The fourth-order valence-corrected chi connectivity index (χ4v) is 2.49. The van der Waals surface area contributed by atoms with Gasteiger partial charge in [-0.3, -0.25) is 4.90 Å². The van der Waals surface area contributed by atoms with Crippen molar-refractivity contribution in [3.8, 4) is 0 Å². The van der Waals surface area contributed by atoms with Gasteiger partial charge < -0.3 is 10.1 Å². The number of rotatable bonds is 4. The average molecular weight is 280 g/mol. The maximum Gasteiger partial charge on any atom is 0.340 e. The van der Waals surface area contributed by atoms with Crippen LogP contribution in [0, 0.1) is 5.82 Å². The van der Waals surface area contributed by atoms with Gasteiger partial charge >= 0.3 is 5.97 Å². The first-order valence-electron chi connectivity index (χ1n) is 6.89. The van der Waals surface area contributed by atoms with Crippen LogP contribution in [0.15, 0.2) is 18.2 Å². The number of benzene rings is 1. The number of halogens is 1. The molecule has 2 rings (SSSR count). The molecule has 4 nitrogen and oxygen atoms in total. The number of carbonyl (C=O) groups excluding carboxylic acids is 1. The minimum Gasteiger partial charge on any atom is -0.465 e. The Morgan fingerprint density at radius 2 is 2.25 bits per heavy atom. The minimum atomic E-state index is -0.652. The highest BCUT2D eigenvalue weighted by molar-refractivity contribution is 5.90. The molecule has 0 radical (unpaired) electrons. The topological polar surface area (TPSA) is 41.6 Å². The molecule has 0 amide bonds. The average Bonchev–Trinajstić information content (AvgIpc) is 2.89. The SMILES string of the molecule is COC(=O)c1cc(NC2CCN(C(C)C)C2)ccc1F. The van der Waals surface area contributed by atoms with Gasteiger partial charge in [0.25, 0.3) is 0 Å². The molecule has 1 aromatic carbocycles. The largest absolute Gasteiger partial charge is 0.465 e. The van der Waals surface area contributed by atoms with E-state index in [2.05, 4.69) is 28.8 Å². The Hall–Kier alpha value is -1.62. The highest BCUT2D eigenvalue weighted by Crippen LogP contribution is 2.20. The normalized spacial score (nSPS) is 19.4. The molecule has 1 aliphatic rings. The summed E-state index contributed by atoms with van der Waals surface area (Å²) in [6.07, 6.45) is 1.04. The molecular weight excluding hydrogens is 259 g/mol. The summed E-state index contributed by atoms with van der Waals surface area (Å²) in [5, 5.41) is 3.36. The number of nitrogens with one attached hydrogen (secondary N) is 1. The molecule has 0 saturated carbocycles. The Balaban J connectivity index is 2.05. The predicted molar refractivity (Wildman–Crippen MR) is 76.5 cm³/mol. The van der Waals surface area contributed by atoms with Crippen molar-refractivity contribution >= 4 is 11.7 Å². The van der Waals surface area contributed by atoms with Gasteiger partial charge in [-0.2, -0.15) is 0 Å². The van der Waals surface area contributed by atoms with Crippen molar-refractivity contribution in [2.24, 2.45) is 0 Å². The van der Waals surface area contributed by atoms with Gasteiger partial charge in [0.05, 0.1) is 12.7 Å². The van der Waals surface area contributed by atoms with E-state index in [1.54, 1.807) is 6.07 Å². The van der Waals surface area contributed by atoms with E-state index >= 15 is 0 Å². The summed E-state index contributed by atoms with van der Waals surface area (Å²) in [7, 11) is 1.25. The van der Waals surface area contributed by atoms with E-state index in [0.717, 1.165) is 25.2 Å². The molecule has 1 fully saturated rings. The van der Waals surface area contributed by atoms with Crippen LogP contribution in [-0.4, -0.2) is 43.2 Å². The number of esters is 1. The van der Waals surface area contributed by atoms with Crippen LogP contribution < -0.4 is 5.32 Å².